The van der Waals surface area contributed by atoms with Crippen LogP contribution in [0, 0.1) is 5.92 Å². The fourth-order valence-electron chi connectivity index (χ4n) is 2.45. The number of hydrogen-bond donors (Lipinski definition) is 2. The Morgan fingerprint density at radius 1 is 1.23 bits per heavy atom. The molecule has 0 saturated heterocycles. The third-order valence-corrected chi connectivity index (χ3v) is 4.05. The van der Waals surface area contributed by atoms with Crippen LogP contribution in [0.3, 0.4) is 0 Å². The maximum absolute atomic E-state index is 12.7. The van der Waals surface area contributed by atoms with Crippen molar-refractivity contribution in [3.8, 4) is 0 Å². The van der Waals surface area contributed by atoms with Crippen LogP contribution in [0.5, 0.6) is 0 Å². The molecule has 1 aliphatic rings. The molecule has 10 heteroatoms. The van der Waals surface area contributed by atoms with Gasteiger partial charge >= 0.3 is 6.18 Å². The highest BCUT2D eigenvalue weighted by molar-refractivity contribution is 5.92. The third kappa shape index (κ3) is 4.38. The second-order valence-electron chi connectivity index (χ2n) is 6.05. The second-order valence-corrected chi connectivity index (χ2v) is 6.05. The number of carbonyl (C=O) groups is 2. The summed E-state index contributed by atoms with van der Waals surface area (Å²) in [5, 5.41) is 12.5. The highest BCUT2D eigenvalue weighted by Gasteiger charge is 2.30. The zero-order valence-corrected chi connectivity index (χ0v) is 13.6. The first kappa shape index (κ1) is 17.9. The first-order valence-electron chi connectivity index (χ1n) is 7.99. The lowest BCUT2D eigenvalue weighted by Crippen LogP contribution is -2.28. The Morgan fingerprint density at radius 2 is 2.00 bits per heavy atom. The van der Waals surface area contributed by atoms with Crippen molar-refractivity contribution in [1.29, 1.82) is 0 Å². The molecule has 1 heterocycles. The Morgan fingerprint density at radius 3 is 2.65 bits per heavy atom. The summed E-state index contributed by atoms with van der Waals surface area (Å²) in [6.45, 7) is -0.247. The number of hydrogen-bond acceptors (Lipinski definition) is 4. The largest absolute Gasteiger partial charge is 0.416 e. The van der Waals surface area contributed by atoms with Crippen LogP contribution in [0.1, 0.15) is 24.8 Å². The molecule has 7 nitrogen and oxygen atoms in total. The van der Waals surface area contributed by atoms with Crippen molar-refractivity contribution in [1.82, 2.24) is 15.0 Å². The highest BCUT2D eigenvalue weighted by atomic mass is 19.4. The van der Waals surface area contributed by atoms with Gasteiger partial charge in [-0.05, 0) is 31.0 Å². The molecule has 1 fully saturated rings. The van der Waals surface area contributed by atoms with Crippen molar-refractivity contribution in [2.75, 3.05) is 10.6 Å². The molecule has 1 aliphatic carbocycles. The number of amides is 2. The van der Waals surface area contributed by atoms with Gasteiger partial charge in [0, 0.05) is 11.6 Å². The quantitative estimate of drug-likeness (QED) is 0.850. The Hall–Kier alpha value is -2.91. The van der Waals surface area contributed by atoms with E-state index in [4.69, 9.17) is 0 Å². The number of halogens is 3. The lowest BCUT2D eigenvalue weighted by molar-refractivity contribution is -0.137. The maximum atomic E-state index is 12.7. The van der Waals surface area contributed by atoms with Gasteiger partial charge in [-0.25, -0.2) is 4.68 Å². The van der Waals surface area contributed by atoms with E-state index < -0.39 is 17.6 Å². The number of alkyl halides is 3. The lowest BCUT2D eigenvalue weighted by atomic mass is 9.85. The van der Waals surface area contributed by atoms with E-state index in [1.54, 1.807) is 0 Å². The molecule has 2 N–H and O–H groups in total. The van der Waals surface area contributed by atoms with Gasteiger partial charge in [0.15, 0.2) is 5.82 Å². The topological polar surface area (TPSA) is 88.9 Å². The molecule has 1 saturated carbocycles. The van der Waals surface area contributed by atoms with Crippen molar-refractivity contribution < 1.29 is 22.8 Å². The van der Waals surface area contributed by atoms with Gasteiger partial charge in [0.05, 0.1) is 11.8 Å². The second kappa shape index (κ2) is 7.14. The summed E-state index contributed by atoms with van der Waals surface area (Å²) in [5.74, 6) is -0.471. The van der Waals surface area contributed by atoms with Crippen molar-refractivity contribution in [3.63, 3.8) is 0 Å². The fourth-order valence-corrected chi connectivity index (χ4v) is 2.45. The third-order valence-electron chi connectivity index (χ3n) is 4.05. The Balaban J connectivity index is 1.56. The van der Waals surface area contributed by atoms with Crippen LogP contribution in [0.2, 0.25) is 0 Å². The van der Waals surface area contributed by atoms with Gasteiger partial charge in [0.2, 0.25) is 11.8 Å². The van der Waals surface area contributed by atoms with Crippen LogP contribution in [-0.4, -0.2) is 26.8 Å². The van der Waals surface area contributed by atoms with Crippen molar-refractivity contribution in [2.45, 2.75) is 32.0 Å². The smallest absolute Gasteiger partial charge is 0.324 e. The van der Waals surface area contributed by atoms with Crippen LogP contribution in [0.4, 0.5) is 24.7 Å². The number of benzene rings is 1. The summed E-state index contributed by atoms with van der Waals surface area (Å²) < 4.78 is 39.2. The van der Waals surface area contributed by atoms with Crippen molar-refractivity contribution in [2.24, 2.45) is 5.92 Å². The molecule has 1 aromatic carbocycles. The lowest BCUT2D eigenvalue weighted by Gasteiger charge is -2.23. The molecular formula is C16H16F3N5O2. The predicted octanol–water partition coefficient (Wildman–Crippen LogP) is 2.67. The average Bonchev–Trinajstić information content (AvgIpc) is 2.91. The molecule has 2 aromatic rings. The number of rotatable bonds is 5. The first-order chi connectivity index (χ1) is 12.3. The van der Waals surface area contributed by atoms with Crippen molar-refractivity contribution >= 4 is 23.3 Å². The molecule has 0 spiro atoms. The van der Waals surface area contributed by atoms with Gasteiger partial charge in [-0.15, -0.1) is 5.10 Å². The molecule has 3 rings (SSSR count). The molecule has 0 bridgehead atoms. The monoisotopic (exact) mass is 367 g/mol. The fraction of sp³-hybridized carbons (Fsp3) is 0.375. The van der Waals surface area contributed by atoms with E-state index in [1.807, 2.05) is 0 Å². The zero-order chi connectivity index (χ0) is 18.7. The van der Waals surface area contributed by atoms with Gasteiger partial charge in [0.1, 0.15) is 6.54 Å². The van der Waals surface area contributed by atoms with E-state index in [0.717, 1.165) is 31.4 Å². The van der Waals surface area contributed by atoms with Crippen LogP contribution in [-0.2, 0) is 22.3 Å². The predicted molar refractivity (Wildman–Crippen MR) is 86.1 cm³/mol. The molecule has 138 valence electrons. The molecule has 0 aliphatic heterocycles. The summed E-state index contributed by atoms with van der Waals surface area (Å²) in [4.78, 5) is 23.8. The van der Waals surface area contributed by atoms with Crippen LogP contribution < -0.4 is 10.6 Å². The van der Waals surface area contributed by atoms with Gasteiger partial charge in [0.25, 0.3) is 0 Å². The van der Waals surface area contributed by atoms with Gasteiger partial charge in [-0.1, -0.05) is 17.7 Å². The molecule has 0 unspecified atom stereocenters. The molecule has 26 heavy (non-hydrogen) atoms. The van der Waals surface area contributed by atoms with E-state index in [-0.39, 0.29) is 29.9 Å². The SMILES string of the molecule is O=C(Cn1cc(NC(=O)C2CCC2)nn1)Nc1cccc(C(F)(F)F)c1. The summed E-state index contributed by atoms with van der Waals surface area (Å²) in [6, 6.07) is 4.34. The normalized spacial score (nSPS) is 14.6. The van der Waals surface area contributed by atoms with Crippen LogP contribution in [0.15, 0.2) is 30.5 Å². The van der Waals surface area contributed by atoms with E-state index in [0.29, 0.717) is 0 Å². The minimum absolute atomic E-state index is 0.00985. The van der Waals surface area contributed by atoms with Crippen LogP contribution >= 0.6 is 0 Å². The standard InChI is InChI=1S/C16H16F3N5O2/c17-16(18,19)11-5-2-6-12(7-11)20-14(25)9-24-8-13(22-23-24)21-15(26)10-3-1-4-10/h2,5-8,10H,1,3-4,9H2,(H,20,25)(H,21,26). The highest BCUT2D eigenvalue weighted by Crippen LogP contribution is 2.30. The maximum Gasteiger partial charge on any atom is 0.416 e. The molecule has 0 radical (unpaired) electrons. The molecular weight excluding hydrogens is 351 g/mol. The van der Waals surface area contributed by atoms with Gasteiger partial charge in [-0.2, -0.15) is 13.2 Å². The zero-order valence-electron chi connectivity index (χ0n) is 13.6. The van der Waals surface area contributed by atoms with E-state index in [2.05, 4.69) is 20.9 Å². The average molecular weight is 367 g/mol. The minimum atomic E-state index is -4.49. The number of nitrogens with one attached hydrogen (secondary N) is 2. The number of nitrogens with zero attached hydrogens (tertiary/aromatic N) is 3. The van der Waals surface area contributed by atoms with E-state index in [1.165, 1.54) is 23.0 Å². The molecule has 0 atom stereocenters. The van der Waals surface area contributed by atoms with Gasteiger partial charge in [-0.3, -0.25) is 9.59 Å². The number of carbonyl (C=O) groups excluding carboxylic acids is 2. The van der Waals surface area contributed by atoms with Crippen LogP contribution in [0.25, 0.3) is 0 Å². The van der Waals surface area contributed by atoms with E-state index >= 15 is 0 Å². The Labute approximate surface area is 146 Å². The summed E-state index contributed by atoms with van der Waals surface area (Å²) >= 11 is 0. The summed E-state index contributed by atoms with van der Waals surface area (Å²) in [5.41, 5.74) is -0.819. The van der Waals surface area contributed by atoms with E-state index in [9.17, 15) is 22.8 Å². The molecule has 2 amide bonds. The Kier molecular flexibility index (Phi) is 4.92. The summed E-state index contributed by atoms with van der Waals surface area (Å²) in [6.07, 6.45) is -0.373. The first-order valence-corrected chi connectivity index (χ1v) is 7.99. The number of anilines is 2. The molecule has 1 aromatic heterocycles. The Bertz CT molecular complexity index is 814. The number of aromatic nitrogens is 3. The van der Waals surface area contributed by atoms with Crippen molar-refractivity contribution in [3.05, 3.63) is 36.0 Å². The van der Waals surface area contributed by atoms with Gasteiger partial charge < -0.3 is 10.6 Å². The summed E-state index contributed by atoms with van der Waals surface area (Å²) in [7, 11) is 0. The minimum Gasteiger partial charge on any atom is -0.324 e.